The van der Waals surface area contributed by atoms with Crippen molar-refractivity contribution in [2.75, 3.05) is 38.2 Å². The summed E-state index contributed by atoms with van der Waals surface area (Å²) in [7, 11) is 1.92. The second kappa shape index (κ2) is 7.27. The van der Waals surface area contributed by atoms with E-state index in [2.05, 4.69) is 17.1 Å². The Morgan fingerprint density at radius 2 is 2.00 bits per heavy atom. The summed E-state index contributed by atoms with van der Waals surface area (Å²) in [5.41, 5.74) is 0.781. The number of nitrogens with one attached hydrogen (secondary N) is 1. The number of benzene rings is 1. The second-order valence-corrected chi connectivity index (χ2v) is 6.40. The molecule has 1 aliphatic rings. The van der Waals surface area contributed by atoms with Crippen molar-refractivity contribution in [3.05, 3.63) is 35.6 Å². The molecule has 1 N–H and O–H groups in total. The van der Waals surface area contributed by atoms with Crippen molar-refractivity contribution in [2.24, 2.45) is 5.92 Å². The minimum absolute atomic E-state index is 0.0794. The lowest BCUT2D eigenvalue weighted by Gasteiger charge is -2.32. The van der Waals surface area contributed by atoms with Crippen molar-refractivity contribution in [1.82, 2.24) is 10.2 Å². The Morgan fingerprint density at radius 1 is 1.32 bits per heavy atom. The van der Waals surface area contributed by atoms with Crippen molar-refractivity contribution in [3.63, 3.8) is 0 Å². The molecular formula is C15H23FN2S. The van der Waals surface area contributed by atoms with E-state index in [1.807, 2.05) is 30.9 Å². The molecule has 0 saturated carbocycles. The Balaban J connectivity index is 2.02. The fourth-order valence-electron chi connectivity index (χ4n) is 2.77. The highest BCUT2D eigenvalue weighted by molar-refractivity contribution is 7.99. The zero-order valence-corrected chi connectivity index (χ0v) is 12.5. The van der Waals surface area contributed by atoms with Crippen LogP contribution in [0.5, 0.6) is 0 Å². The fourth-order valence-corrected chi connectivity index (χ4v) is 3.75. The molecule has 4 heteroatoms. The van der Waals surface area contributed by atoms with Gasteiger partial charge in [0.1, 0.15) is 5.82 Å². The quantitative estimate of drug-likeness (QED) is 0.894. The maximum Gasteiger partial charge on any atom is 0.127 e. The van der Waals surface area contributed by atoms with Gasteiger partial charge in [-0.25, -0.2) is 4.39 Å². The number of rotatable bonds is 5. The first-order valence-corrected chi connectivity index (χ1v) is 8.09. The van der Waals surface area contributed by atoms with Gasteiger partial charge in [-0.1, -0.05) is 25.1 Å². The van der Waals surface area contributed by atoms with Gasteiger partial charge >= 0.3 is 0 Å². The third-order valence-corrected chi connectivity index (χ3v) is 4.71. The minimum atomic E-state index is -0.108. The Hall–Kier alpha value is -0.580. The van der Waals surface area contributed by atoms with E-state index in [1.165, 1.54) is 11.5 Å². The first-order chi connectivity index (χ1) is 9.22. The summed E-state index contributed by atoms with van der Waals surface area (Å²) in [6, 6.07) is 7.17. The van der Waals surface area contributed by atoms with Crippen LogP contribution in [-0.4, -0.2) is 43.1 Å². The molecule has 1 fully saturated rings. The molecule has 1 aliphatic heterocycles. The molecule has 0 amide bonds. The molecule has 2 nitrogen and oxygen atoms in total. The molecule has 0 bridgehead atoms. The molecule has 1 saturated heterocycles. The topological polar surface area (TPSA) is 15.3 Å². The molecule has 2 unspecified atom stereocenters. The summed E-state index contributed by atoms with van der Waals surface area (Å²) in [6.07, 6.45) is 0. The molecule has 0 spiro atoms. The molecule has 2 atom stereocenters. The predicted octanol–water partition coefficient (Wildman–Crippen LogP) is 2.77. The fraction of sp³-hybridized carbons (Fsp3) is 0.600. The van der Waals surface area contributed by atoms with Gasteiger partial charge < -0.3 is 10.2 Å². The summed E-state index contributed by atoms with van der Waals surface area (Å²) in [5.74, 6) is 2.72. The van der Waals surface area contributed by atoms with Crippen LogP contribution in [0.15, 0.2) is 24.3 Å². The molecule has 1 heterocycles. The zero-order chi connectivity index (χ0) is 13.7. The van der Waals surface area contributed by atoms with Crippen LogP contribution in [0.25, 0.3) is 0 Å². The van der Waals surface area contributed by atoms with Crippen LogP contribution >= 0.6 is 11.8 Å². The SMILES string of the molecule is CNC(c1ccccc1F)C(C)CN1CCSCC1. The summed E-state index contributed by atoms with van der Waals surface area (Å²) >= 11 is 2.02. The van der Waals surface area contributed by atoms with Gasteiger partial charge in [-0.3, -0.25) is 0 Å². The lowest BCUT2D eigenvalue weighted by molar-refractivity contribution is 0.229. The average molecular weight is 282 g/mol. The molecule has 0 radical (unpaired) electrons. The van der Waals surface area contributed by atoms with Crippen molar-refractivity contribution < 1.29 is 4.39 Å². The second-order valence-electron chi connectivity index (χ2n) is 5.18. The highest BCUT2D eigenvalue weighted by Gasteiger charge is 2.23. The molecule has 19 heavy (non-hydrogen) atoms. The molecule has 0 aliphatic carbocycles. The van der Waals surface area contributed by atoms with E-state index in [-0.39, 0.29) is 11.9 Å². The van der Waals surface area contributed by atoms with Crippen LogP contribution < -0.4 is 5.32 Å². The Kier molecular flexibility index (Phi) is 5.67. The number of halogens is 1. The summed E-state index contributed by atoms with van der Waals surface area (Å²) < 4.78 is 13.9. The highest BCUT2D eigenvalue weighted by Crippen LogP contribution is 2.25. The van der Waals surface area contributed by atoms with Crippen LogP contribution in [0.2, 0.25) is 0 Å². The molecule has 106 valence electrons. The first-order valence-electron chi connectivity index (χ1n) is 6.94. The number of hydrogen-bond acceptors (Lipinski definition) is 3. The minimum Gasteiger partial charge on any atom is -0.313 e. The summed E-state index contributed by atoms with van der Waals surface area (Å²) in [4.78, 5) is 2.49. The van der Waals surface area contributed by atoms with Crippen molar-refractivity contribution in [3.8, 4) is 0 Å². The van der Waals surface area contributed by atoms with Crippen LogP contribution in [0.3, 0.4) is 0 Å². The van der Waals surface area contributed by atoms with Crippen LogP contribution in [-0.2, 0) is 0 Å². The van der Waals surface area contributed by atoms with Gasteiger partial charge in [-0.2, -0.15) is 11.8 Å². The van der Waals surface area contributed by atoms with Crippen molar-refractivity contribution >= 4 is 11.8 Å². The maximum absolute atomic E-state index is 13.9. The Morgan fingerprint density at radius 3 is 2.63 bits per heavy atom. The van der Waals surface area contributed by atoms with Crippen LogP contribution in [0.4, 0.5) is 4.39 Å². The molecular weight excluding hydrogens is 259 g/mol. The third-order valence-electron chi connectivity index (χ3n) is 3.77. The van der Waals surface area contributed by atoms with Gasteiger partial charge in [-0.15, -0.1) is 0 Å². The summed E-state index contributed by atoms with van der Waals surface area (Å²) in [6.45, 7) is 5.54. The van der Waals surface area contributed by atoms with Gasteiger partial charge in [0.25, 0.3) is 0 Å². The van der Waals surface area contributed by atoms with E-state index < -0.39 is 0 Å². The van der Waals surface area contributed by atoms with Crippen molar-refractivity contribution in [2.45, 2.75) is 13.0 Å². The van der Waals surface area contributed by atoms with Gasteiger partial charge in [0, 0.05) is 42.7 Å². The average Bonchev–Trinajstić information content (AvgIpc) is 2.43. The molecule has 1 aromatic rings. The number of thioether (sulfide) groups is 1. The van der Waals surface area contributed by atoms with Gasteiger partial charge in [-0.05, 0) is 19.0 Å². The van der Waals surface area contributed by atoms with Crippen LogP contribution in [0.1, 0.15) is 18.5 Å². The molecule has 2 rings (SSSR count). The van der Waals surface area contributed by atoms with E-state index in [1.54, 1.807) is 12.1 Å². The lowest BCUT2D eigenvalue weighted by atomic mass is 9.93. The Labute approximate surface area is 119 Å². The summed E-state index contributed by atoms with van der Waals surface area (Å²) in [5, 5.41) is 3.28. The van der Waals surface area contributed by atoms with Gasteiger partial charge in [0.05, 0.1) is 0 Å². The van der Waals surface area contributed by atoms with Gasteiger partial charge in [0.2, 0.25) is 0 Å². The standard InChI is InChI=1S/C15H23FN2S/c1-12(11-18-7-9-19-10-8-18)15(17-2)13-5-3-4-6-14(13)16/h3-6,12,15,17H,7-11H2,1-2H3. The predicted molar refractivity (Wildman–Crippen MR) is 81.1 cm³/mol. The van der Waals surface area contributed by atoms with E-state index in [0.717, 1.165) is 25.2 Å². The maximum atomic E-state index is 13.9. The number of hydrogen-bond donors (Lipinski definition) is 1. The van der Waals surface area contributed by atoms with Crippen molar-refractivity contribution in [1.29, 1.82) is 0 Å². The van der Waals surface area contributed by atoms with E-state index in [0.29, 0.717) is 5.92 Å². The Bertz CT molecular complexity index is 393. The van der Waals surface area contributed by atoms with Gasteiger partial charge in [0.15, 0.2) is 0 Å². The highest BCUT2D eigenvalue weighted by atomic mass is 32.2. The first kappa shape index (κ1) is 14.8. The largest absolute Gasteiger partial charge is 0.313 e. The monoisotopic (exact) mass is 282 g/mol. The normalized spacial score (nSPS) is 20.2. The molecule has 1 aromatic carbocycles. The van der Waals surface area contributed by atoms with E-state index in [9.17, 15) is 4.39 Å². The van der Waals surface area contributed by atoms with Crippen LogP contribution in [0, 0.1) is 11.7 Å². The molecule has 0 aromatic heterocycles. The number of nitrogens with zero attached hydrogens (tertiary/aromatic N) is 1. The lowest BCUT2D eigenvalue weighted by Crippen LogP contribution is -2.39. The van der Waals surface area contributed by atoms with E-state index in [4.69, 9.17) is 0 Å². The zero-order valence-electron chi connectivity index (χ0n) is 11.7. The third kappa shape index (κ3) is 3.94. The smallest absolute Gasteiger partial charge is 0.127 e. The van der Waals surface area contributed by atoms with E-state index >= 15 is 0 Å².